The number of rotatable bonds is 6. The Kier molecular flexibility index (Phi) is 5.32. The molecule has 1 aliphatic rings. The predicted octanol–water partition coefficient (Wildman–Crippen LogP) is 2.11. The van der Waals surface area contributed by atoms with E-state index in [-0.39, 0.29) is 24.5 Å². The summed E-state index contributed by atoms with van der Waals surface area (Å²) in [6, 6.07) is 11.1. The summed E-state index contributed by atoms with van der Waals surface area (Å²) in [6.07, 6.45) is 0. The Labute approximate surface area is 154 Å². The Morgan fingerprint density at radius 2 is 2.11 bits per heavy atom. The molecule has 2 aromatic carbocycles. The number of nitrogens with zero attached hydrogens (tertiary/aromatic N) is 2. The second-order valence-electron chi connectivity index (χ2n) is 5.82. The molecule has 0 saturated carbocycles. The van der Waals surface area contributed by atoms with Gasteiger partial charge < -0.3 is 14.8 Å². The average molecular weight is 371 g/mol. The van der Waals surface area contributed by atoms with Crippen LogP contribution in [0.15, 0.2) is 42.5 Å². The number of fused-ring (bicyclic) bond motifs is 1. The molecule has 3 rings (SSSR count). The standard InChI is InChI=1S/C18H17N3O6/c1-26-10-12-4-2-3-5-14(12)19-17(22)9-20-15-8-13(21(24)25)6-7-16(15)27-11-18(20)23/h2-8H,9-11H2,1H3,(H,19,22). The number of nitro benzene ring substituents is 1. The Hall–Kier alpha value is -3.46. The highest BCUT2D eigenvalue weighted by Gasteiger charge is 2.29. The van der Waals surface area contributed by atoms with Crippen LogP contribution in [-0.2, 0) is 20.9 Å². The number of ether oxygens (including phenoxy) is 2. The van der Waals surface area contributed by atoms with Gasteiger partial charge in [0.05, 0.1) is 17.2 Å². The monoisotopic (exact) mass is 371 g/mol. The molecule has 0 spiro atoms. The van der Waals surface area contributed by atoms with Crippen LogP contribution in [0.1, 0.15) is 5.56 Å². The second-order valence-corrected chi connectivity index (χ2v) is 5.82. The van der Waals surface area contributed by atoms with Crippen LogP contribution in [0.4, 0.5) is 17.1 Å². The van der Waals surface area contributed by atoms with Crippen molar-refractivity contribution in [3.05, 3.63) is 58.1 Å². The lowest BCUT2D eigenvalue weighted by Gasteiger charge is -2.28. The van der Waals surface area contributed by atoms with E-state index in [1.807, 2.05) is 12.1 Å². The van der Waals surface area contributed by atoms with Crippen LogP contribution in [0.2, 0.25) is 0 Å². The number of anilines is 2. The van der Waals surface area contributed by atoms with Gasteiger partial charge >= 0.3 is 0 Å². The van der Waals surface area contributed by atoms with E-state index in [4.69, 9.17) is 9.47 Å². The van der Waals surface area contributed by atoms with Crippen LogP contribution in [0, 0.1) is 10.1 Å². The van der Waals surface area contributed by atoms with Gasteiger partial charge in [0.25, 0.3) is 11.6 Å². The lowest BCUT2D eigenvalue weighted by molar-refractivity contribution is -0.384. The third-order valence-electron chi connectivity index (χ3n) is 3.99. The first-order valence-corrected chi connectivity index (χ1v) is 8.08. The van der Waals surface area contributed by atoms with Crippen molar-refractivity contribution in [2.75, 3.05) is 30.5 Å². The van der Waals surface area contributed by atoms with Gasteiger partial charge in [-0.1, -0.05) is 18.2 Å². The van der Waals surface area contributed by atoms with Crippen molar-refractivity contribution < 1.29 is 24.0 Å². The Morgan fingerprint density at radius 1 is 1.33 bits per heavy atom. The van der Waals surface area contributed by atoms with Gasteiger partial charge in [-0.05, 0) is 12.1 Å². The van der Waals surface area contributed by atoms with Crippen LogP contribution >= 0.6 is 0 Å². The Balaban J connectivity index is 1.81. The van der Waals surface area contributed by atoms with E-state index in [9.17, 15) is 19.7 Å². The van der Waals surface area contributed by atoms with E-state index in [1.165, 1.54) is 23.1 Å². The van der Waals surface area contributed by atoms with Crippen LogP contribution in [0.3, 0.4) is 0 Å². The smallest absolute Gasteiger partial charge is 0.271 e. The van der Waals surface area contributed by atoms with E-state index in [0.717, 1.165) is 5.56 Å². The molecule has 9 heteroatoms. The fourth-order valence-electron chi connectivity index (χ4n) is 2.73. The number of carbonyl (C=O) groups excluding carboxylic acids is 2. The van der Waals surface area contributed by atoms with Gasteiger partial charge in [-0.25, -0.2) is 0 Å². The first-order chi connectivity index (χ1) is 13.0. The van der Waals surface area contributed by atoms with Gasteiger partial charge in [0.15, 0.2) is 6.61 Å². The highest BCUT2D eigenvalue weighted by molar-refractivity contribution is 6.05. The first-order valence-electron chi connectivity index (χ1n) is 8.08. The topological polar surface area (TPSA) is 111 Å². The van der Waals surface area contributed by atoms with Gasteiger partial charge in [-0.3, -0.25) is 24.6 Å². The number of amides is 2. The number of carbonyl (C=O) groups is 2. The molecule has 2 aromatic rings. The fraction of sp³-hybridized carbons (Fsp3) is 0.222. The Morgan fingerprint density at radius 3 is 2.85 bits per heavy atom. The molecule has 0 aromatic heterocycles. The zero-order valence-electron chi connectivity index (χ0n) is 14.5. The molecule has 0 bridgehead atoms. The zero-order valence-corrected chi connectivity index (χ0v) is 14.5. The summed E-state index contributed by atoms with van der Waals surface area (Å²) in [4.78, 5) is 36.3. The van der Waals surface area contributed by atoms with Gasteiger partial charge in [-0.2, -0.15) is 0 Å². The van der Waals surface area contributed by atoms with Crippen molar-refractivity contribution >= 4 is 28.9 Å². The molecule has 1 aliphatic heterocycles. The molecule has 0 radical (unpaired) electrons. The molecular formula is C18H17N3O6. The molecule has 0 saturated heterocycles. The van der Waals surface area contributed by atoms with Crippen molar-refractivity contribution in [2.45, 2.75) is 6.61 Å². The molecule has 0 atom stereocenters. The average Bonchev–Trinajstić information content (AvgIpc) is 2.65. The molecule has 1 heterocycles. The summed E-state index contributed by atoms with van der Waals surface area (Å²) < 4.78 is 10.4. The van der Waals surface area contributed by atoms with E-state index in [2.05, 4.69) is 5.32 Å². The maximum Gasteiger partial charge on any atom is 0.271 e. The lowest BCUT2D eigenvalue weighted by Crippen LogP contribution is -2.43. The second kappa shape index (κ2) is 7.83. The van der Waals surface area contributed by atoms with Crippen LogP contribution < -0.4 is 15.0 Å². The summed E-state index contributed by atoms with van der Waals surface area (Å²) in [5.41, 5.74) is 1.37. The number of para-hydroxylation sites is 1. The number of non-ortho nitro benzene ring substituents is 1. The summed E-state index contributed by atoms with van der Waals surface area (Å²) in [6.45, 7) is -0.210. The number of nitro groups is 1. The summed E-state index contributed by atoms with van der Waals surface area (Å²) in [5.74, 6) is -0.581. The summed E-state index contributed by atoms with van der Waals surface area (Å²) in [5, 5.41) is 13.8. The van der Waals surface area contributed by atoms with Gasteiger partial charge in [0.1, 0.15) is 12.3 Å². The van der Waals surface area contributed by atoms with Crippen LogP contribution in [0.25, 0.3) is 0 Å². The first kappa shape index (κ1) is 18.3. The maximum absolute atomic E-state index is 12.5. The van der Waals surface area contributed by atoms with Crippen LogP contribution in [0.5, 0.6) is 5.75 Å². The third-order valence-corrected chi connectivity index (χ3v) is 3.99. The van der Waals surface area contributed by atoms with Crippen molar-refractivity contribution in [2.24, 2.45) is 0 Å². The van der Waals surface area contributed by atoms with Crippen molar-refractivity contribution in [3.8, 4) is 5.75 Å². The fourth-order valence-corrected chi connectivity index (χ4v) is 2.73. The molecule has 0 unspecified atom stereocenters. The minimum Gasteiger partial charge on any atom is -0.482 e. The zero-order chi connectivity index (χ0) is 19.4. The van der Waals surface area contributed by atoms with Gasteiger partial charge in [0, 0.05) is 30.5 Å². The van der Waals surface area contributed by atoms with E-state index in [0.29, 0.717) is 18.0 Å². The number of nitrogens with one attached hydrogen (secondary N) is 1. The molecular weight excluding hydrogens is 354 g/mol. The summed E-state index contributed by atoms with van der Waals surface area (Å²) in [7, 11) is 1.55. The number of benzene rings is 2. The highest BCUT2D eigenvalue weighted by atomic mass is 16.6. The number of hydrogen-bond acceptors (Lipinski definition) is 6. The summed E-state index contributed by atoms with van der Waals surface area (Å²) >= 11 is 0. The Bertz CT molecular complexity index is 898. The molecule has 0 aliphatic carbocycles. The van der Waals surface area contributed by atoms with Gasteiger partial charge in [-0.15, -0.1) is 0 Å². The number of hydrogen-bond donors (Lipinski definition) is 1. The molecule has 140 valence electrons. The molecule has 2 amide bonds. The van der Waals surface area contributed by atoms with Gasteiger partial charge in [0.2, 0.25) is 5.91 Å². The minimum absolute atomic E-state index is 0.192. The largest absolute Gasteiger partial charge is 0.482 e. The normalized spacial score (nSPS) is 12.9. The minimum atomic E-state index is -0.571. The lowest BCUT2D eigenvalue weighted by atomic mass is 10.2. The highest BCUT2D eigenvalue weighted by Crippen LogP contribution is 2.35. The van der Waals surface area contributed by atoms with E-state index in [1.54, 1.807) is 19.2 Å². The SMILES string of the molecule is COCc1ccccc1NC(=O)CN1C(=O)COc2ccc([N+](=O)[O-])cc21. The molecule has 0 fully saturated rings. The van der Waals surface area contributed by atoms with E-state index < -0.39 is 16.7 Å². The molecule has 1 N–H and O–H groups in total. The predicted molar refractivity (Wildman–Crippen MR) is 96.7 cm³/mol. The van der Waals surface area contributed by atoms with Crippen molar-refractivity contribution in [3.63, 3.8) is 0 Å². The third kappa shape index (κ3) is 4.04. The number of methoxy groups -OCH3 is 1. The van der Waals surface area contributed by atoms with E-state index >= 15 is 0 Å². The van der Waals surface area contributed by atoms with Crippen LogP contribution in [-0.4, -0.2) is 37.0 Å². The molecule has 9 nitrogen and oxygen atoms in total. The molecule has 27 heavy (non-hydrogen) atoms. The maximum atomic E-state index is 12.5. The van der Waals surface area contributed by atoms with Crippen molar-refractivity contribution in [1.82, 2.24) is 0 Å². The van der Waals surface area contributed by atoms with Crippen molar-refractivity contribution in [1.29, 1.82) is 0 Å². The quantitative estimate of drug-likeness (QED) is 0.615.